The average molecular weight is 835 g/mol. The van der Waals surface area contributed by atoms with Crippen molar-refractivity contribution in [1.29, 1.82) is 0 Å². The lowest BCUT2D eigenvalue weighted by Crippen LogP contribution is -2.28. The summed E-state index contributed by atoms with van der Waals surface area (Å²) >= 11 is 0. The van der Waals surface area contributed by atoms with Crippen molar-refractivity contribution in [3.63, 3.8) is 0 Å². The van der Waals surface area contributed by atoms with E-state index < -0.39 is 84.8 Å². The number of aliphatic hydroxyl groups excluding tert-OH is 1. The fourth-order valence-corrected chi connectivity index (χ4v) is 7.23. The van der Waals surface area contributed by atoms with Crippen molar-refractivity contribution in [2.75, 3.05) is 21.9 Å². The Balaban J connectivity index is 1.33. The second kappa shape index (κ2) is 15.3. The first kappa shape index (κ1) is 39.8. The Bertz CT molecular complexity index is 2890. The summed E-state index contributed by atoms with van der Waals surface area (Å²) in [7, 11) is -15.3. The van der Waals surface area contributed by atoms with Gasteiger partial charge in [0, 0.05) is 11.8 Å². The Morgan fingerprint density at radius 3 is 1.91 bits per heavy atom. The van der Waals surface area contributed by atoms with Crippen LogP contribution in [0, 0.1) is 0 Å². The maximum Gasteiger partial charge on any atom is 0.296 e. The van der Waals surface area contributed by atoms with Crippen LogP contribution < -0.4 is 21.9 Å². The van der Waals surface area contributed by atoms with Gasteiger partial charge in [0.25, 0.3) is 30.4 Å². The van der Waals surface area contributed by atoms with Crippen LogP contribution in [0.1, 0.15) is 15.9 Å². The third-order valence-corrected chi connectivity index (χ3v) is 10.5. The van der Waals surface area contributed by atoms with Gasteiger partial charge >= 0.3 is 0 Å². The molecule has 0 heterocycles. The SMILES string of the molecule is Nc1c(N=Nc2ccc(Nc3ccc(N/N=C4/C=CC(=O)C=C4O)cc3)c(S(=O)(=O)O)c2)c(S(=O)(=O)O)cc2c1C(=O)/C(=N/Nc1ccccc1)C(S(=O)(=O)O)=C2. The molecule has 6 rings (SSSR count). The molecule has 23 heteroatoms. The smallest absolute Gasteiger partial charge is 0.296 e. The number of benzene rings is 4. The minimum Gasteiger partial charge on any atom is -0.505 e. The number of carbonyl (C=O) groups excluding carboxylic acids is 2. The summed E-state index contributed by atoms with van der Waals surface area (Å²) in [5.41, 5.74) is 8.80. The van der Waals surface area contributed by atoms with Gasteiger partial charge in [0.15, 0.2) is 11.5 Å². The molecule has 0 amide bonds. The van der Waals surface area contributed by atoms with Gasteiger partial charge < -0.3 is 16.2 Å². The summed E-state index contributed by atoms with van der Waals surface area (Å²) in [6.45, 7) is 0. The summed E-state index contributed by atoms with van der Waals surface area (Å²) in [5.74, 6) is -1.93. The number of ketones is 2. The van der Waals surface area contributed by atoms with Crippen LogP contribution in [0.15, 0.2) is 138 Å². The van der Waals surface area contributed by atoms with Crippen LogP contribution in [0.25, 0.3) is 6.08 Å². The number of azo groups is 1. The molecule has 0 unspecified atom stereocenters. The molecule has 2 aliphatic carbocycles. The van der Waals surface area contributed by atoms with Crippen molar-refractivity contribution >= 4 is 99.2 Å². The van der Waals surface area contributed by atoms with E-state index in [4.69, 9.17) is 5.73 Å². The van der Waals surface area contributed by atoms with E-state index in [1.807, 2.05) is 0 Å². The van der Waals surface area contributed by atoms with E-state index in [1.165, 1.54) is 60.7 Å². The molecule has 0 fully saturated rings. The van der Waals surface area contributed by atoms with Gasteiger partial charge in [-0.25, -0.2) is 0 Å². The number of hydrazone groups is 2. The summed E-state index contributed by atoms with van der Waals surface area (Å²) in [5, 5.41) is 28.1. The molecule has 0 saturated carbocycles. The van der Waals surface area contributed by atoms with Gasteiger partial charge in [-0.05, 0) is 84.5 Å². The molecule has 0 spiro atoms. The number of Topliss-reactive ketones (excluding diaryl/α,β-unsaturated/α-hetero) is 1. The number of fused-ring (bicyclic) bond motifs is 1. The van der Waals surface area contributed by atoms with Crippen molar-refractivity contribution in [3.05, 3.63) is 119 Å². The maximum atomic E-state index is 13.7. The van der Waals surface area contributed by atoms with E-state index in [1.54, 1.807) is 18.2 Å². The topological polar surface area (TPSA) is 329 Å². The van der Waals surface area contributed by atoms with Gasteiger partial charge in [-0.1, -0.05) is 18.2 Å². The van der Waals surface area contributed by atoms with Crippen LogP contribution >= 0.6 is 0 Å². The Morgan fingerprint density at radius 2 is 1.28 bits per heavy atom. The number of nitrogens with two attached hydrogens (primary N) is 1. The number of rotatable bonds is 11. The Labute approximate surface area is 322 Å². The molecule has 9 N–H and O–H groups in total. The number of hydrogen-bond donors (Lipinski definition) is 8. The Morgan fingerprint density at radius 1 is 0.649 bits per heavy atom. The number of nitrogens with zero attached hydrogens (tertiary/aromatic N) is 4. The maximum absolute atomic E-state index is 13.7. The monoisotopic (exact) mass is 834 g/mol. The third kappa shape index (κ3) is 8.99. The predicted octanol–water partition coefficient (Wildman–Crippen LogP) is 5.16. The van der Waals surface area contributed by atoms with Crippen molar-refractivity contribution in [2.45, 2.75) is 9.79 Å². The lowest BCUT2D eigenvalue weighted by Gasteiger charge is -2.20. The first-order valence-corrected chi connectivity index (χ1v) is 20.1. The summed E-state index contributed by atoms with van der Waals surface area (Å²) in [6.07, 6.45) is 4.25. The molecule has 0 saturated heterocycles. The Kier molecular flexibility index (Phi) is 10.7. The number of para-hydroxylation sites is 1. The Hall–Kier alpha value is -6.89. The number of carbonyl (C=O) groups is 2. The normalized spacial score (nSPS) is 16.1. The zero-order chi connectivity index (χ0) is 41.3. The molecule has 20 nitrogen and oxygen atoms in total. The van der Waals surface area contributed by atoms with Gasteiger partial charge in [0.2, 0.25) is 5.78 Å². The summed E-state index contributed by atoms with van der Waals surface area (Å²) in [4.78, 5) is 22.3. The molecule has 292 valence electrons. The lowest BCUT2D eigenvalue weighted by atomic mass is 9.92. The standard InChI is InChI=1S/C34H26N8O12S3/c35-31-30-18(15-29(57(52,53)54)33(34(30)45)42-38-20-4-2-1-3-5-20)14-28(56(49,50)51)32(31)41-39-22-10-12-25(27(16-22)55(46,47)48)36-19-6-8-21(9-7-19)37-40-24-13-11-23(43)17-26(24)44/h1-17,36-38,44H,35H2,(H,46,47,48)(H,49,50,51)(H,52,53,54)/b40-24-,41-39?,42-33+. The van der Waals surface area contributed by atoms with E-state index in [2.05, 4.69) is 36.6 Å². The fourth-order valence-electron chi connectivity index (χ4n) is 5.23. The minimum atomic E-state index is -5.23. The van der Waals surface area contributed by atoms with Gasteiger partial charge in [-0.15, -0.1) is 5.11 Å². The van der Waals surface area contributed by atoms with Crippen LogP contribution in [0.4, 0.5) is 39.8 Å². The zero-order valence-corrected chi connectivity index (χ0v) is 30.9. The van der Waals surface area contributed by atoms with Crippen LogP contribution in [0.3, 0.4) is 0 Å². The van der Waals surface area contributed by atoms with Gasteiger partial charge in [-0.3, -0.25) is 34.1 Å². The van der Waals surface area contributed by atoms with Gasteiger partial charge in [0.05, 0.1) is 34.0 Å². The van der Waals surface area contributed by atoms with Crippen molar-refractivity contribution < 1.29 is 53.6 Å². The lowest BCUT2D eigenvalue weighted by molar-refractivity contribution is -0.110. The van der Waals surface area contributed by atoms with Gasteiger partial charge in [-0.2, -0.15) is 40.6 Å². The zero-order valence-electron chi connectivity index (χ0n) is 28.5. The minimum absolute atomic E-state index is 0.103. The highest BCUT2D eigenvalue weighted by atomic mass is 32.2. The van der Waals surface area contributed by atoms with Gasteiger partial charge in [0.1, 0.15) is 31.9 Å². The predicted molar refractivity (Wildman–Crippen MR) is 208 cm³/mol. The van der Waals surface area contributed by atoms with E-state index in [-0.39, 0.29) is 22.8 Å². The molecule has 0 aromatic heterocycles. The van der Waals surface area contributed by atoms with Crippen LogP contribution in [0.2, 0.25) is 0 Å². The molecule has 2 aliphatic rings. The molecule has 4 aromatic rings. The average Bonchev–Trinajstić information content (AvgIpc) is 3.13. The summed E-state index contributed by atoms with van der Waals surface area (Å²) < 4.78 is 104. The second-order valence-corrected chi connectivity index (χ2v) is 15.9. The first-order chi connectivity index (χ1) is 26.8. The highest BCUT2D eigenvalue weighted by Crippen LogP contribution is 2.41. The molecule has 0 atom stereocenters. The number of nitrogen functional groups attached to an aromatic ring is 1. The van der Waals surface area contributed by atoms with E-state index in [0.717, 1.165) is 12.1 Å². The molecule has 4 aromatic carbocycles. The molecular formula is C34H26N8O12S3. The quantitative estimate of drug-likeness (QED) is 0.0318. The summed E-state index contributed by atoms with van der Waals surface area (Å²) in [6, 6.07) is 18.0. The molecule has 0 bridgehead atoms. The molecule has 0 radical (unpaired) electrons. The second-order valence-electron chi connectivity index (χ2n) is 11.8. The van der Waals surface area contributed by atoms with Crippen LogP contribution in [-0.4, -0.2) is 67.0 Å². The third-order valence-electron chi connectivity index (χ3n) is 7.85. The van der Waals surface area contributed by atoms with Crippen molar-refractivity contribution in [1.82, 2.24) is 0 Å². The molecule has 57 heavy (non-hydrogen) atoms. The highest BCUT2D eigenvalue weighted by molar-refractivity contribution is 7.91. The van der Waals surface area contributed by atoms with E-state index in [9.17, 15) is 53.6 Å². The van der Waals surface area contributed by atoms with Crippen molar-refractivity contribution in [2.24, 2.45) is 20.4 Å². The number of anilines is 5. The fraction of sp³-hybridized carbons (Fsp3) is 0. The number of allylic oxidation sites excluding steroid dienone is 4. The number of aliphatic hydroxyl groups is 1. The molecule has 0 aliphatic heterocycles. The number of nitrogens with one attached hydrogen (secondary N) is 3. The first-order valence-electron chi connectivity index (χ1n) is 15.7. The van der Waals surface area contributed by atoms with Crippen LogP contribution in [-0.2, 0) is 35.1 Å². The number of hydrogen-bond acceptors (Lipinski definition) is 17. The highest BCUT2D eigenvalue weighted by Gasteiger charge is 2.37. The largest absolute Gasteiger partial charge is 0.505 e. The van der Waals surface area contributed by atoms with E-state index >= 15 is 0 Å². The van der Waals surface area contributed by atoms with Crippen LogP contribution in [0.5, 0.6) is 0 Å². The molecular weight excluding hydrogens is 809 g/mol. The van der Waals surface area contributed by atoms with E-state index in [0.29, 0.717) is 29.2 Å². The van der Waals surface area contributed by atoms with Crippen molar-refractivity contribution in [3.8, 4) is 0 Å².